The van der Waals surface area contributed by atoms with Gasteiger partial charge in [0, 0.05) is 0 Å². The van der Waals surface area contributed by atoms with Gasteiger partial charge in [-0.25, -0.2) is 4.99 Å². The second kappa shape index (κ2) is 6.83. The van der Waals surface area contributed by atoms with E-state index in [1.54, 1.807) is 0 Å². The molecular formula is C20H17NO. The van der Waals surface area contributed by atoms with Crippen LogP contribution in [0.2, 0.25) is 0 Å². The number of nitrogens with zero attached hydrogens (tertiary/aromatic N) is 1. The first-order valence-corrected chi connectivity index (χ1v) is 7.26. The van der Waals surface area contributed by atoms with Crippen LogP contribution in [0, 0.1) is 0 Å². The summed E-state index contributed by atoms with van der Waals surface area (Å²) in [6.45, 7) is 0. The van der Waals surface area contributed by atoms with Gasteiger partial charge in [0.25, 0.3) is 0 Å². The average Bonchev–Trinajstić information content (AvgIpc) is 2.61. The van der Waals surface area contributed by atoms with Gasteiger partial charge in [0.15, 0.2) is 0 Å². The molecule has 0 aromatic heterocycles. The van der Waals surface area contributed by atoms with Gasteiger partial charge < -0.3 is 5.11 Å². The number of aliphatic hydroxyl groups is 1. The molecule has 0 spiro atoms. The number of aliphatic imine (C=N–C) groups is 1. The molecule has 2 nitrogen and oxygen atoms in total. The van der Waals surface area contributed by atoms with Gasteiger partial charge in [-0.3, -0.25) is 0 Å². The lowest BCUT2D eigenvalue weighted by Crippen LogP contribution is -2.13. The van der Waals surface area contributed by atoms with E-state index in [9.17, 15) is 5.11 Å². The minimum absolute atomic E-state index is 0.651. The monoisotopic (exact) mass is 287 g/mol. The molecule has 1 atom stereocenters. The molecule has 0 saturated heterocycles. The number of hydrogen-bond acceptors (Lipinski definition) is 2. The molecular weight excluding hydrogens is 270 g/mol. The van der Waals surface area contributed by atoms with Gasteiger partial charge >= 0.3 is 0 Å². The summed E-state index contributed by atoms with van der Waals surface area (Å²) < 4.78 is 0. The van der Waals surface area contributed by atoms with E-state index in [2.05, 4.69) is 4.99 Å². The summed E-state index contributed by atoms with van der Waals surface area (Å²) in [5.41, 5.74) is 3.23. The molecule has 3 aromatic carbocycles. The lowest BCUT2D eigenvalue weighted by molar-refractivity contribution is 0.248. The predicted octanol–water partition coefficient (Wildman–Crippen LogP) is 4.54. The first-order valence-electron chi connectivity index (χ1n) is 7.26. The summed E-state index contributed by atoms with van der Waals surface area (Å²) in [7, 11) is 0. The van der Waals surface area contributed by atoms with Crippen LogP contribution in [0.5, 0.6) is 0 Å². The summed E-state index contributed by atoms with van der Waals surface area (Å²) in [5.74, 6) is 0. The lowest BCUT2D eigenvalue weighted by atomic mass is 9.99. The molecule has 0 saturated carbocycles. The number of para-hydroxylation sites is 1. The van der Waals surface area contributed by atoms with Gasteiger partial charge in [0.05, 0.1) is 11.4 Å². The third kappa shape index (κ3) is 3.30. The fourth-order valence-electron chi connectivity index (χ4n) is 2.33. The van der Waals surface area contributed by atoms with E-state index in [0.717, 1.165) is 16.8 Å². The van der Waals surface area contributed by atoms with Crippen molar-refractivity contribution >= 4 is 11.4 Å². The van der Waals surface area contributed by atoms with Crippen molar-refractivity contribution in [3.8, 4) is 0 Å². The van der Waals surface area contributed by atoms with E-state index in [4.69, 9.17) is 0 Å². The van der Waals surface area contributed by atoms with Crippen molar-refractivity contribution in [1.29, 1.82) is 0 Å². The maximum Gasteiger partial charge on any atom is 0.122 e. The molecule has 1 N–H and O–H groups in total. The highest BCUT2D eigenvalue weighted by Gasteiger charge is 2.16. The van der Waals surface area contributed by atoms with Crippen LogP contribution in [-0.2, 0) is 0 Å². The van der Waals surface area contributed by atoms with Crippen LogP contribution in [-0.4, -0.2) is 10.8 Å². The molecule has 0 aliphatic carbocycles. The minimum Gasteiger partial charge on any atom is -0.382 e. The Bertz CT molecular complexity index is 736. The van der Waals surface area contributed by atoms with Crippen molar-refractivity contribution < 1.29 is 5.11 Å². The van der Waals surface area contributed by atoms with E-state index >= 15 is 0 Å². The SMILES string of the molecule is O[C@@H](C(=Nc1ccccc1)c1ccccc1)c1ccccc1. The van der Waals surface area contributed by atoms with Gasteiger partial charge in [-0.15, -0.1) is 0 Å². The second-order valence-electron chi connectivity index (χ2n) is 5.01. The highest BCUT2D eigenvalue weighted by molar-refractivity contribution is 6.05. The third-order valence-electron chi connectivity index (χ3n) is 3.45. The fourth-order valence-corrected chi connectivity index (χ4v) is 2.33. The fraction of sp³-hybridized carbons (Fsp3) is 0.0500. The molecule has 108 valence electrons. The molecule has 0 aliphatic rings. The van der Waals surface area contributed by atoms with Crippen molar-refractivity contribution in [3.05, 3.63) is 102 Å². The summed E-state index contributed by atoms with van der Waals surface area (Å²) in [4.78, 5) is 4.67. The number of aliphatic hydroxyl groups excluding tert-OH is 1. The molecule has 0 amide bonds. The number of benzene rings is 3. The molecule has 0 radical (unpaired) electrons. The summed E-state index contributed by atoms with van der Waals surface area (Å²) in [6, 6.07) is 29.1. The molecule has 22 heavy (non-hydrogen) atoms. The van der Waals surface area contributed by atoms with Crippen LogP contribution < -0.4 is 0 Å². The van der Waals surface area contributed by atoms with Crippen LogP contribution in [0.3, 0.4) is 0 Å². The zero-order valence-corrected chi connectivity index (χ0v) is 12.1. The first kappa shape index (κ1) is 14.2. The van der Waals surface area contributed by atoms with Crippen LogP contribution >= 0.6 is 0 Å². The average molecular weight is 287 g/mol. The Morgan fingerprint density at radius 1 is 0.682 bits per heavy atom. The topological polar surface area (TPSA) is 32.6 Å². The minimum atomic E-state index is -0.760. The van der Waals surface area contributed by atoms with Crippen molar-refractivity contribution in [2.75, 3.05) is 0 Å². The Balaban J connectivity index is 2.06. The standard InChI is InChI=1S/C20H17NO/c22-20(17-12-6-2-7-13-17)19(16-10-4-1-5-11-16)21-18-14-8-3-9-15-18/h1-15,20,22H/t20-/m1/s1. The molecule has 3 aromatic rings. The Hall–Kier alpha value is -2.71. The predicted molar refractivity (Wildman–Crippen MR) is 90.5 cm³/mol. The van der Waals surface area contributed by atoms with E-state index < -0.39 is 6.10 Å². The zero-order chi connectivity index (χ0) is 15.2. The number of hydrogen-bond donors (Lipinski definition) is 1. The Morgan fingerprint density at radius 2 is 1.18 bits per heavy atom. The molecule has 0 aliphatic heterocycles. The van der Waals surface area contributed by atoms with Crippen LogP contribution in [0.1, 0.15) is 17.2 Å². The van der Waals surface area contributed by atoms with Crippen molar-refractivity contribution in [2.45, 2.75) is 6.10 Å². The van der Waals surface area contributed by atoms with Crippen molar-refractivity contribution in [2.24, 2.45) is 4.99 Å². The third-order valence-corrected chi connectivity index (χ3v) is 3.45. The van der Waals surface area contributed by atoms with E-state index in [-0.39, 0.29) is 0 Å². The summed E-state index contributed by atoms with van der Waals surface area (Å²) >= 11 is 0. The Morgan fingerprint density at radius 3 is 1.77 bits per heavy atom. The lowest BCUT2D eigenvalue weighted by Gasteiger charge is -2.15. The highest BCUT2D eigenvalue weighted by Crippen LogP contribution is 2.22. The van der Waals surface area contributed by atoms with Gasteiger partial charge in [-0.1, -0.05) is 78.9 Å². The van der Waals surface area contributed by atoms with Crippen LogP contribution in [0.15, 0.2) is 96.0 Å². The largest absolute Gasteiger partial charge is 0.382 e. The second-order valence-corrected chi connectivity index (χ2v) is 5.01. The molecule has 2 heteroatoms. The van der Waals surface area contributed by atoms with E-state index in [1.165, 1.54) is 0 Å². The van der Waals surface area contributed by atoms with Crippen LogP contribution in [0.25, 0.3) is 0 Å². The Kier molecular flexibility index (Phi) is 4.42. The molecule has 0 fully saturated rings. The Labute approximate surface area is 130 Å². The van der Waals surface area contributed by atoms with Gasteiger partial charge in [0.1, 0.15) is 6.10 Å². The molecule has 0 heterocycles. The highest BCUT2D eigenvalue weighted by atomic mass is 16.3. The maximum atomic E-state index is 10.8. The maximum absolute atomic E-state index is 10.8. The number of rotatable bonds is 4. The molecule has 0 bridgehead atoms. The van der Waals surface area contributed by atoms with Gasteiger partial charge in [-0.2, -0.15) is 0 Å². The zero-order valence-electron chi connectivity index (χ0n) is 12.1. The summed E-state index contributed by atoms with van der Waals surface area (Å²) in [6.07, 6.45) is -0.760. The van der Waals surface area contributed by atoms with Crippen molar-refractivity contribution in [1.82, 2.24) is 0 Å². The smallest absolute Gasteiger partial charge is 0.122 e. The van der Waals surface area contributed by atoms with Crippen LogP contribution in [0.4, 0.5) is 5.69 Å². The normalized spacial score (nSPS) is 12.9. The van der Waals surface area contributed by atoms with E-state index in [0.29, 0.717) is 5.71 Å². The van der Waals surface area contributed by atoms with E-state index in [1.807, 2.05) is 91.0 Å². The quantitative estimate of drug-likeness (QED) is 0.702. The first-order chi connectivity index (χ1) is 10.8. The molecule has 0 unspecified atom stereocenters. The summed E-state index contributed by atoms with van der Waals surface area (Å²) in [5, 5.41) is 10.8. The van der Waals surface area contributed by atoms with Gasteiger partial charge in [-0.05, 0) is 23.3 Å². The molecule has 3 rings (SSSR count). The van der Waals surface area contributed by atoms with Gasteiger partial charge in [0.2, 0.25) is 0 Å². The van der Waals surface area contributed by atoms with Crippen molar-refractivity contribution in [3.63, 3.8) is 0 Å².